The molecule has 0 N–H and O–H groups in total. The first kappa shape index (κ1) is 18.7. The Morgan fingerprint density at radius 1 is 0.962 bits per heavy atom. The number of anilines is 2. The Kier molecular flexibility index (Phi) is 5.53. The van der Waals surface area contributed by atoms with Gasteiger partial charge >= 0.3 is 0 Å². The molecule has 0 fully saturated rings. The van der Waals surface area contributed by atoms with Crippen LogP contribution in [-0.2, 0) is 16.4 Å². The lowest BCUT2D eigenvalue weighted by molar-refractivity contribution is 0.413. The van der Waals surface area contributed by atoms with Gasteiger partial charge in [0.15, 0.2) is 0 Å². The molecular weight excluding hydrogens is 346 g/mol. The van der Waals surface area contributed by atoms with E-state index in [2.05, 4.69) is 16.7 Å². The van der Waals surface area contributed by atoms with Crippen LogP contribution in [0, 0.1) is 0 Å². The van der Waals surface area contributed by atoms with Crippen LogP contribution in [0.3, 0.4) is 0 Å². The molecular formula is C20H27N3O2S. The molecule has 5 nitrogen and oxygen atoms in total. The Balaban J connectivity index is 1.93. The number of benzene rings is 2. The summed E-state index contributed by atoms with van der Waals surface area (Å²) in [5.74, 6) is 0. The number of likely N-dealkylation sites (N-methyl/N-ethyl adjacent to an activating group) is 1. The van der Waals surface area contributed by atoms with E-state index in [0.29, 0.717) is 18.0 Å². The molecule has 0 aliphatic carbocycles. The van der Waals surface area contributed by atoms with Gasteiger partial charge in [0.1, 0.15) is 0 Å². The summed E-state index contributed by atoms with van der Waals surface area (Å²) >= 11 is 0. The maximum absolute atomic E-state index is 13.2. The Morgan fingerprint density at radius 3 is 2.23 bits per heavy atom. The molecule has 3 rings (SSSR count). The molecule has 2 aromatic carbocycles. The Morgan fingerprint density at radius 2 is 1.62 bits per heavy atom. The quantitative estimate of drug-likeness (QED) is 0.781. The lowest BCUT2D eigenvalue weighted by Crippen LogP contribution is -2.45. The minimum absolute atomic E-state index is 0.353. The van der Waals surface area contributed by atoms with Crippen LogP contribution in [0.5, 0.6) is 0 Å². The fraction of sp³-hybridized carbons (Fsp3) is 0.400. The third-order valence-electron chi connectivity index (χ3n) is 4.80. The van der Waals surface area contributed by atoms with Crippen LogP contribution in [0.2, 0.25) is 0 Å². The molecule has 140 valence electrons. The number of para-hydroxylation sites is 2. The minimum Gasteiger partial charge on any atom is -0.367 e. The zero-order valence-corrected chi connectivity index (χ0v) is 16.5. The standard InChI is InChI=1S/C20H27N3O2S/c1-4-17-9-11-18(12-10-17)26(24,25)23-16-15-22(14-13-21(2)3)19-7-5-6-8-20(19)23/h5-12H,4,13-16H2,1-3H3. The van der Waals surface area contributed by atoms with E-state index in [1.807, 2.05) is 50.5 Å². The zero-order valence-electron chi connectivity index (χ0n) is 15.7. The Labute approximate surface area is 156 Å². The summed E-state index contributed by atoms with van der Waals surface area (Å²) < 4.78 is 28.0. The molecule has 6 heteroatoms. The van der Waals surface area contributed by atoms with Crippen LogP contribution in [0.15, 0.2) is 53.4 Å². The zero-order chi connectivity index (χ0) is 18.7. The SMILES string of the molecule is CCc1ccc(S(=O)(=O)N2CCN(CCN(C)C)c3ccccc32)cc1. The van der Waals surface area contributed by atoms with Crippen molar-refractivity contribution in [2.45, 2.75) is 18.2 Å². The van der Waals surface area contributed by atoms with E-state index in [4.69, 9.17) is 0 Å². The second-order valence-electron chi connectivity index (χ2n) is 6.85. The molecule has 0 saturated carbocycles. The smallest absolute Gasteiger partial charge is 0.264 e. The monoisotopic (exact) mass is 373 g/mol. The van der Waals surface area contributed by atoms with Crippen molar-refractivity contribution in [1.82, 2.24) is 4.90 Å². The minimum atomic E-state index is -3.56. The number of hydrogen-bond acceptors (Lipinski definition) is 4. The number of fused-ring (bicyclic) bond motifs is 1. The molecule has 0 spiro atoms. The number of aryl methyl sites for hydroxylation is 1. The average molecular weight is 374 g/mol. The van der Waals surface area contributed by atoms with Crippen molar-refractivity contribution in [2.75, 3.05) is 49.5 Å². The number of nitrogens with zero attached hydrogens (tertiary/aromatic N) is 3. The Hall–Kier alpha value is -2.05. The van der Waals surface area contributed by atoms with Gasteiger partial charge in [0.2, 0.25) is 0 Å². The van der Waals surface area contributed by atoms with Crippen molar-refractivity contribution in [3.63, 3.8) is 0 Å². The van der Waals surface area contributed by atoms with Crippen LogP contribution in [-0.4, -0.2) is 53.6 Å². The van der Waals surface area contributed by atoms with Gasteiger partial charge in [-0.25, -0.2) is 8.42 Å². The topological polar surface area (TPSA) is 43.9 Å². The van der Waals surface area contributed by atoms with Gasteiger partial charge in [0, 0.05) is 19.6 Å². The second kappa shape index (κ2) is 7.68. The average Bonchev–Trinajstić information content (AvgIpc) is 2.65. The maximum atomic E-state index is 13.2. The van der Waals surface area contributed by atoms with Crippen LogP contribution in [0.25, 0.3) is 0 Å². The lowest BCUT2D eigenvalue weighted by atomic mass is 10.2. The van der Waals surface area contributed by atoms with Gasteiger partial charge in [0.05, 0.1) is 22.8 Å². The van der Waals surface area contributed by atoms with E-state index in [1.54, 1.807) is 16.4 Å². The van der Waals surface area contributed by atoms with Gasteiger partial charge in [-0.05, 0) is 50.3 Å². The molecule has 0 atom stereocenters. The van der Waals surface area contributed by atoms with E-state index in [-0.39, 0.29) is 0 Å². The van der Waals surface area contributed by atoms with Gasteiger partial charge in [-0.15, -0.1) is 0 Å². The van der Waals surface area contributed by atoms with Gasteiger partial charge < -0.3 is 9.80 Å². The maximum Gasteiger partial charge on any atom is 0.264 e. The highest BCUT2D eigenvalue weighted by Crippen LogP contribution is 2.36. The summed E-state index contributed by atoms with van der Waals surface area (Å²) in [6.07, 6.45) is 0.897. The molecule has 0 bridgehead atoms. The lowest BCUT2D eigenvalue weighted by Gasteiger charge is -2.38. The van der Waals surface area contributed by atoms with E-state index in [9.17, 15) is 8.42 Å². The van der Waals surface area contributed by atoms with E-state index < -0.39 is 10.0 Å². The summed E-state index contributed by atoms with van der Waals surface area (Å²) in [7, 11) is 0.538. The second-order valence-corrected chi connectivity index (χ2v) is 8.72. The molecule has 2 aromatic rings. The van der Waals surface area contributed by atoms with Crippen molar-refractivity contribution >= 4 is 21.4 Å². The van der Waals surface area contributed by atoms with Crippen LogP contribution in [0.1, 0.15) is 12.5 Å². The third kappa shape index (κ3) is 3.71. The molecule has 0 amide bonds. The molecule has 0 aromatic heterocycles. The van der Waals surface area contributed by atoms with E-state index >= 15 is 0 Å². The largest absolute Gasteiger partial charge is 0.367 e. The molecule has 0 unspecified atom stereocenters. The molecule has 0 saturated heterocycles. The van der Waals surface area contributed by atoms with Crippen LogP contribution < -0.4 is 9.21 Å². The highest BCUT2D eigenvalue weighted by molar-refractivity contribution is 7.92. The summed E-state index contributed by atoms with van der Waals surface area (Å²) in [4.78, 5) is 4.76. The van der Waals surface area contributed by atoms with E-state index in [0.717, 1.165) is 36.4 Å². The van der Waals surface area contributed by atoms with Crippen molar-refractivity contribution in [1.29, 1.82) is 0 Å². The van der Waals surface area contributed by atoms with Crippen LogP contribution in [0.4, 0.5) is 11.4 Å². The fourth-order valence-electron chi connectivity index (χ4n) is 3.22. The first-order valence-electron chi connectivity index (χ1n) is 9.04. The highest BCUT2D eigenvalue weighted by atomic mass is 32.2. The molecule has 26 heavy (non-hydrogen) atoms. The molecule has 1 heterocycles. The first-order valence-corrected chi connectivity index (χ1v) is 10.5. The van der Waals surface area contributed by atoms with E-state index in [1.165, 1.54) is 0 Å². The molecule has 1 aliphatic heterocycles. The van der Waals surface area contributed by atoms with Crippen molar-refractivity contribution in [3.8, 4) is 0 Å². The predicted molar refractivity (Wildman–Crippen MR) is 108 cm³/mol. The fourth-order valence-corrected chi connectivity index (χ4v) is 4.69. The van der Waals surface area contributed by atoms with Crippen LogP contribution >= 0.6 is 0 Å². The summed E-state index contributed by atoms with van der Waals surface area (Å²) in [5, 5.41) is 0. The predicted octanol–water partition coefficient (Wildman–Crippen LogP) is 2.83. The van der Waals surface area contributed by atoms with Crippen molar-refractivity contribution < 1.29 is 8.42 Å². The molecule has 0 radical (unpaired) electrons. The van der Waals surface area contributed by atoms with Gasteiger partial charge in [-0.1, -0.05) is 31.2 Å². The summed E-state index contributed by atoms with van der Waals surface area (Å²) in [5.41, 5.74) is 2.88. The van der Waals surface area contributed by atoms with Crippen molar-refractivity contribution in [3.05, 3.63) is 54.1 Å². The summed E-state index contributed by atoms with van der Waals surface area (Å²) in [6, 6.07) is 15.0. The molecule has 1 aliphatic rings. The van der Waals surface area contributed by atoms with Crippen molar-refractivity contribution in [2.24, 2.45) is 0 Å². The number of sulfonamides is 1. The summed E-state index contributed by atoms with van der Waals surface area (Å²) in [6.45, 7) is 5.02. The highest BCUT2D eigenvalue weighted by Gasteiger charge is 2.31. The normalized spacial score (nSPS) is 14.6. The first-order chi connectivity index (χ1) is 12.4. The van der Waals surface area contributed by atoms with Gasteiger partial charge in [-0.3, -0.25) is 4.31 Å². The number of hydrogen-bond donors (Lipinski definition) is 0. The number of rotatable bonds is 6. The Bertz CT molecular complexity index is 848. The van der Waals surface area contributed by atoms with Gasteiger partial charge in [-0.2, -0.15) is 0 Å². The van der Waals surface area contributed by atoms with Gasteiger partial charge in [0.25, 0.3) is 10.0 Å². The third-order valence-corrected chi connectivity index (χ3v) is 6.63.